The molecule has 2 rings (SSSR count). The highest BCUT2D eigenvalue weighted by Crippen LogP contribution is 2.24. The quantitative estimate of drug-likeness (QED) is 0.682. The van der Waals surface area contributed by atoms with Gasteiger partial charge in [-0.2, -0.15) is 5.10 Å². The summed E-state index contributed by atoms with van der Waals surface area (Å²) in [4.78, 5) is 4.22. The molecular weight excluding hydrogens is 206 g/mol. The first kappa shape index (κ1) is 8.84. The van der Waals surface area contributed by atoms with Crippen LogP contribution in [0.2, 0.25) is 5.15 Å². The lowest BCUT2D eigenvalue weighted by molar-refractivity contribution is 0.796. The number of aryl methyl sites for hydroxylation is 1. The summed E-state index contributed by atoms with van der Waals surface area (Å²) in [7, 11) is 1.87. The lowest BCUT2D eigenvalue weighted by atomic mass is 10.3. The number of hydrogen-bond donors (Lipinski definition) is 0. The van der Waals surface area contributed by atoms with Crippen LogP contribution in [-0.2, 0) is 7.05 Å². The van der Waals surface area contributed by atoms with Crippen molar-refractivity contribution in [2.24, 2.45) is 7.05 Å². The number of thioether (sulfide) groups is 1. The Kier molecular flexibility index (Phi) is 2.17. The van der Waals surface area contributed by atoms with Gasteiger partial charge in [0.2, 0.25) is 0 Å². The Bertz CT molecular complexity index is 452. The predicted octanol–water partition coefficient (Wildman–Crippen LogP) is 2.34. The van der Waals surface area contributed by atoms with E-state index in [4.69, 9.17) is 11.6 Å². The SMILES string of the molecule is CSc1cc2c(cn1)c(Cl)nn2C. The molecule has 0 aliphatic heterocycles. The molecule has 68 valence electrons. The zero-order valence-electron chi connectivity index (χ0n) is 7.28. The summed E-state index contributed by atoms with van der Waals surface area (Å²) in [5.41, 5.74) is 1.02. The molecule has 0 aliphatic carbocycles. The van der Waals surface area contributed by atoms with E-state index >= 15 is 0 Å². The summed E-state index contributed by atoms with van der Waals surface area (Å²) in [6.07, 6.45) is 3.75. The molecule has 13 heavy (non-hydrogen) atoms. The lowest BCUT2D eigenvalue weighted by Crippen LogP contribution is -1.89. The second-order valence-corrected chi connectivity index (χ2v) is 3.84. The van der Waals surface area contributed by atoms with Gasteiger partial charge in [-0.05, 0) is 12.3 Å². The molecule has 0 unspecified atom stereocenters. The minimum atomic E-state index is 0.512. The highest BCUT2D eigenvalue weighted by Gasteiger charge is 2.06. The van der Waals surface area contributed by atoms with Gasteiger partial charge in [0.1, 0.15) is 0 Å². The first-order valence-electron chi connectivity index (χ1n) is 3.74. The molecule has 5 heteroatoms. The van der Waals surface area contributed by atoms with Gasteiger partial charge in [0.25, 0.3) is 0 Å². The van der Waals surface area contributed by atoms with E-state index in [0.717, 1.165) is 15.9 Å². The third kappa shape index (κ3) is 1.40. The molecule has 0 atom stereocenters. The smallest absolute Gasteiger partial charge is 0.160 e. The van der Waals surface area contributed by atoms with Crippen molar-refractivity contribution in [3.63, 3.8) is 0 Å². The van der Waals surface area contributed by atoms with E-state index in [-0.39, 0.29) is 0 Å². The molecule has 0 radical (unpaired) electrons. The van der Waals surface area contributed by atoms with E-state index in [1.165, 1.54) is 0 Å². The van der Waals surface area contributed by atoms with Crippen molar-refractivity contribution < 1.29 is 0 Å². The van der Waals surface area contributed by atoms with Gasteiger partial charge >= 0.3 is 0 Å². The molecule has 0 N–H and O–H groups in total. The summed E-state index contributed by atoms with van der Waals surface area (Å²) in [6.45, 7) is 0. The Morgan fingerprint density at radius 3 is 3.00 bits per heavy atom. The minimum Gasteiger partial charge on any atom is -0.266 e. The fraction of sp³-hybridized carbons (Fsp3) is 0.250. The Morgan fingerprint density at radius 2 is 2.31 bits per heavy atom. The highest BCUT2D eigenvalue weighted by molar-refractivity contribution is 7.98. The van der Waals surface area contributed by atoms with Crippen molar-refractivity contribution in [1.82, 2.24) is 14.8 Å². The van der Waals surface area contributed by atoms with E-state index in [9.17, 15) is 0 Å². The average Bonchev–Trinajstić information content (AvgIpc) is 2.42. The lowest BCUT2D eigenvalue weighted by Gasteiger charge is -1.96. The topological polar surface area (TPSA) is 30.7 Å². The molecule has 0 amide bonds. The van der Waals surface area contributed by atoms with E-state index in [2.05, 4.69) is 10.1 Å². The second kappa shape index (κ2) is 3.20. The first-order valence-corrected chi connectivity index (χ1v) is 5.35. The summed E-state index contributed by atoms with van der Waals surface area (Å²) in [5.74, 6) is 0. The molecule has 0 fully saturated rings. The standard InChI is InChI=1S/C8H8ClN3S/c1-12-6-3-7(13-2)10-4-5(6)8(9)11-12/h3-4H,1-2H3. The van der Waals surface area contributed by atoms with Crippen LogP contribution in [0, 0.1) is 0 Å². The monoisotopic (exact) mass is 213 g/mol. The summed E-state index contributed by atoms with van der Waals surface area (Å²) < 4.78 is 1.76. The van der Waals surface area contributed by atoms with Crippen LogP contribution in [-0.4, -0.2) is 21.0 Å². The van der Waals surface area contributed by atoms with Crippen LogP contribution >= 0.6 is 23.4 Å². The Balaban J connectivity index is 2.76. The number of hydrogen-bond acceptors (Lipinski definition) is 3. The van der Waals surface area contributed by atoms with E-state index < -0.39 is 0 Å². The Hall–Kier alpha value is -0.740. The van der Waals surface area contributed by atoms with Gasteiger partial charge in [0.05, 0.1) is 15.9 Å². The summed E-state index contributed by atoms with van der Waals surface area (Å²) in [6, 6.07) is 1.98. The molecule has 0 saturated heterocycles. The number of halogens is 1. The van der Waals surface area contributed by atoms with Crippen molar-refractivity contribution in [2.45, 2.75) is 5.03 Å². The molecule has 0 aliphatic rings. The van der Waals surface area contributed by atoms with Crippen molar-refractivity contribution in [2.75, 3.05) is 6.26 Å². The van der Waals surface area contributed by atoms with Crippen molar-refractivity contribution >= 4 is 34.3 Å². The molecule has 0 spiro atoms. The van der Waals surface area contributed by atoms with Crippen molar-refractivity contribution in [1.29, 1.82) is 0 Å². The first-order chi connectivity index (χ1) is 6.22. The molecule has 0 bridgehead atoms. The van der Waals surface area contributed by atoms with Gasteiger partial charge in [-0.15, -0.1) is 11.8 Å². The molecule has 0 saturated carbocycles. The van der Waals surface area contributed by atoms with Gasteiger partial charge < -0.3 is 0 Å². The fourth-order valence-electron chi connectivity index (χ4n) is 1.20. The third-order valence-corrected chi connectivity index (χ3v) is 2.80. The number of aromatic nitrogens is 3. The summed E-state index contributed by atoms with van der Waals surface area (Å²) >= 11 is 7.50. The normalized spacial score (nSPS) is 11.0. The van der Waals surface area contributed by atoms with Crippen LogP contribution < -0.4 is 0 Å². The van der Waals surface area contributed by atoms with Crippen LogP contribution in [0.15, 0.2) is 17.3 Å². The van der Waals surface area contributed by atoms with Gasteiger partial charge in [-0.1, -0.05) is 11.6 Å². The number of rotatable bonds is 1. The second-order valence-electron chi connectivity index (χ2n) is 2.66. The van der Waals surface area contributed by atoms with Crippen LogP contribution in [0.4, 0.5) is 0 Å². The third-order valence-electron chi connectivity index (χ3n) is 1.87. The molecule has 3 nitrogen and oxygen atoms in total. The van der Waals surface area contributed by atoms with E-state index in [1.54, 1.807) is 22.6 Å². The number of pyridine rings is 1. The van der Waals surface area contributed by atoms with Crippen molar-refractivity contribution in [3.05, 3.63) is 17.4 Å². The minimum absolute atomic E-state index is 0.512. The molecular formula is C8H8ClN3S. The maximum atomic E-state index is 5.89. The zero-order valence-corrected chi connectivity index (χ0v) is 8.85. The van der Waals surface area contributed by atoms with Crippen LogP contribution in [0.5, 0.6) is 0 Å². The van der Waals surface area contributed by atoms with Crippen molar-refractivity contribution in [3.8, 4) is 0 Å². The maximum absolute atomic E-state index is 5.89. The molecule has 2 heterocycles. The van der Waals surface area contributed by atoms with Crippen LogP contribution in [0.25, 0.3) is 10.9 Å². The molecule has 2 aromatic heterocycles. The molecule has 2 aromatic rings. The van der Waals surface area contributed by atoms with Gasteiger partial charge in [-0.25, -0.2) is 4.98 Å². The average molecular weight is 214 g/mol. The largest absolute Gasteiger partial charge is 0.266 e. The number of fused-ring (bicyclic) bond motifs is 1. The van der Waals surface area contributed by atoms with Gasteiger partial charge in [0, 0.05) is 13.2 Å². The highest BCUT2D eigenvalue weighted by atomic mass is 35.5. The maximum Gasteiger partial charge on any atom is 0.160 e. The number of nitrogens with zero attached hydrogens (tertiary/aromatic N) is 3. The fourth-order valence-corrected chi connectivity index (χ4v) is 1.85. The van der Waals surface area contributed by atoms with E-state index in [1.807, 2.05) is 19.4 Å². The van der Waals surface area contributed by atoms with Crippen LogP contribution in [0.1, 0.15) is 0 Å². The van der Waals surface area contributed by atoms with Gasteiger partial charge in [-0.3, -0.25) is 4.68 Å². The van der Waals surface area contributed by atoms with Gasteiger partial charge in [0.15, 0.2) is 5.15 Å². The van der Waals surface area contributed by atoms with Crippen LogP contribution in [0.3, 0.4) is 0 Å². The zero-order chi connectivity index (χ0) is 9.42. The molecule has 0 aromatic carbocycles. The predicted molar refractivity (Wildman–Crippen MR) is 55.3 cm³/mol. The Labute approximate surface area is 85.1 Å². The summed E-state index contributed by atoms with van der Waals surface area (Å²) in [5, 5.41) is 6.49. The Morgan fingerprint density at radius 1 is 1.54 bits per heavy atom. The van der Waals surface area contributed by atoms with E-state index in [0.29, 0.717) is 5.15 Å².